The number of carbonyl (C=O) groups is 1. The van der Waals surface area contributed by atoms with E-state index in [2.05, 4.69) is 43.7 Å². The number of carbonyl (C=O) groups excluding carboxylic acids is 1. The molecule has 0 spiro atoms. The van der Waals surface area contributed by atoms with E-state index in [9.17, 15) is 9.18 Å². The third kappa shape index (κ3) is 15.8. The number of ether oxygens (including phenoxy) is 1. The van der Waals surface area contributed by atoms with Gasteiger partial charge in [0.05, 0.1) is 18.2 Å². The lowest BCUT2D eigenvalue weighted by Crippen LogP contribution is -2.48. The molecule has 1 fully saturated rings. The van der Waals surface area contributed by atoms with E-state index >= 15 is 0 Å². The molecular weight excluding hydrogens is 587 g/mol. The molecule has 7 heteroatoms. The molecule has 1 aliphatic rings. The first-order valence-corrected chi connectivity index (χ1v) is 17.1. The van der Waals surface area contributed by atoms with Crippen molar-refractivity contribution in [3.63, 3.8) is 0 Å². The first-order valence-electron chi connectivity index (χ1n) is 17.1. The Balaban J connectivity index is 0.00000111. The predicted molar refractivity (Wildman–Crippen MR) is 199 cm³/mol. The van der Waals surface area contributed by atoms with E-state index in [-0.39, 0.29) is 11.9 Å². The highest BCUT2D eigenvalue weighted by molar-refractivity contribution is 6.12. The fraction of sp³-hybridized carbons (Fsp3) is 0.475. The number of aliphatic imine (C=N–C) groups is 1. The van der Waals surface area contributed by atoms with Crippen molar-refractivity contribution in [3.8, 4) is 6.07 Å². The van der Waals surface area contributed by atoms with Crippen molar-refractivity contribution in [2.24, 2.45) is 4.99 Å². The molecule has 1 saturated heterocycles. The summed E-state index contributed by atoms with van der Waals surface area (Å²) in [5, 5.41) is 8.85. The Bertz CT molecular complexity index is 1330. The van der Waals surface area contributed by atoms with Crippen molar-refractivity contribution in [1.82, 2.24) is 9.80 Å². The third-order valence-corrected chi connectivity index (χ3v) is 7.16. The molecule has 1 amide bonds. The minimum atomic E-state index is -0.271. The highest BCUT2D eigenvalue weighted by Gasteiger charge is 2.25. The molecule has 0 atom stereocenters. The second-order valence-electron chi connectivity index (χ2n) is 10.6. The molecule has 258 valence electrons. The van der Waals surface area contributed by atoms with Gasteiger partial charge >= 0.3 is 6.09 Å². The summed E-state index contributed by atoms with van der Waals surface area (Å²) in [4.78, 5) is 20.6. The van der Waals surface area contributed by atoms with Crippen LogP contribution in [0, 0.1) is 17.1 Å². The summed E-state index contributed by atoms with van der Waals surface area (Å²) >= 11 is 0. The van der Waals surface area contributed by atoms with E-state index in [0.29, 0.717) is 38.3 Å². The summed E-state index contributed by atoms with van der Waals surface area (Å²) in [5.74, 6) is -0.259. The fourth-order valence-electron chi connectivity index (χ4n) is 4.85. The standard InChI is InChI=1S/C25H34FN3O2.C13H19N.C2H6/c1-6-9-14-27-19(4)24(21(7-2)22-12-10-11-13-23(22)26)20(5)28-15-17-29(18-16-28)25(30)31-8-3;1-4-6-7-9-13(11-14)10-12(3)8-5-2;1-2/h7,9-14H,6,8,15-18H2,1-5H3;6-7,9-10H,4-5,8H2,1-3H3;1-2H3/b14-9+,21-7-,24-20-,27-19+;7-6+,12-10+,13-9+;. The Hall–Kier alpha value is -4.18. The van der Waals surface area contributed by atoms with Crippen LogP contribution in [0.2, 0.25) is 0 Å². The lowest BCUT2D eigenvalue weighted by atomic mass is 9.92. The van der Waals surface area contributed by atoms with Gasteiger partial charge in [-0.3, -0.25) is 4.99 Å². The van der Waals surface area contributed by atoms with Crippen LogP contribution in [0.5, 0.6) is 0 Å². The van der Waals surface area contributed by atoms with Crippen LogP contribution in [0.15, 0.2) is 94.3 Å². The molecule has 1 aromatic rings. The van der Waals surface area contributed by atoms with Gasteiger partial charge in [0.1, 0.15) is 5.82 Å². The monoisotopic (exact) mass is 646 g/mol. The first-order chi connectivity index (χ1) is 22.7. The maximum atomic E-state index is 14.7. The second kappa shape index (κ2) is 25.9. The minimum Gasteiger partial charge on any atom is -0.450 e. The van der Waals surface area contributed by atoms with E-state index in [1.165, 1.54) is 11.6 Å². The Kier molecular flexibility index (Phi) is 23.6. The molecule has 0 saturated carbocycles. The van der Waals surface area contributed by atoms with Crippen LogP contribution in [0.3, 0.4) is 0 Å². The van der Waals surface area contributed by atoms with Gasteiger partial charge in [-0.25, -0.2) is 9.18 Å². The van der Waals surface area contributed by atoms with Crippen LogP contribution < -0.4 is 0 Å². The summed E-state index contributed by atoms with van der Waals surface area (Å²) in [7, 11) is 0. The van der Waals surface area contributed by atoms with Crippen molar-refractivity contribution in [3.05, 3.63) is 101 Å². The number of hydrogen-bond donors (Lipinski definition) is 0. The van der Waals surface area contributed by atoms with E-state index in [4.69, 9.17) is 10.00 Å². The Morgan fingerprint density at radius 1 is 1.00 bits per heavy atom. The molecule has 0 aromatic heterocycles. The highest BCUT2D eigenvalue weighted by atomic mass is 19.1. The number of hydrogen-bond acceptors (Lipinski definition) is 5. The molecule has 6 nitrogen and oxygen atoms in total. The number of nitriles is 1. The van der Waals surface area contributed by atoms with E-state index < -0.39 is 0 Å². The van der Waals surface area contributed by atoms with E-state index in [1.807, 2.05) is 84.1 Å². The molecule has 47 heavy (non-hydrogen) atoms. The fourth-order valence-corrected chi connectivity index (χ4v) is 4.85. The van der Waals surface area contributed by atoms with Gasteiger partial charge in [0, 0.05) is 54.9 Å². The Labute approximate surface area is 285 Å². The van der Waals surface area contributed by atoms with Gasteiger partial charge in [-0.05, 0) is 77.7 Å². The quantitative estimate of drug-likeness (QED) is 0.129. The molecule has 2 rings (SSSR count). The normalized spacial score (nSPS) is 15.0. The molecule has 1 aliphatic heterocycles. The topological polar surface area (TPSA) is 68.9 Å². The zero-order valence-corrected chi connectivity index (χ0v) is 30.7. The van der Waals surface area contributed by atoms with Crippen LogP contribution in [-0.2, 0) is 4.74 Å². The number of halogens is 1. The van der Waals surface area contributed by atoms with Gasteiger partial charge in [0.15, 0.2) is 0 Å². The van der Waals surface area contributed by atoms with Gasteiger partial charge in [0.2, 0.25) is 0 Å². The molecule has 0 bridgehead atoms. The van der Waals surface area contributed by atoms with Crippen molar-refractivity contribution >= 4 is 17.4 Å². The Morgan fingerprint density at radius 3 is 2.15 bits per heavy atom. The van der Waals surface area contributed by atoms with Gasteiger partial charge in [-0.2, -0.15) is 5.26 Å². The van der Waals surface area contributed by atoms with Crippen LogP contribution in [0.1, 0.15) is 100 Å². The number of piperazine rings is 1. The van der Waals surface area contributed by atoms with Crippen molar-refractivity contribution in [2.45, 2.75) is 94.9 Å². The highest BCUT2D eigenvalue weighted by Crippen LogP contribution is 2.30. The molecule has 0 aliphatic carbocycles. The van der Waals surface area contributed by atoms with Crippen molar-refractivity contribution < 1.29 is 13.9 Å². The summed E-state index contributed by atoms with van der Waals surface area (Å²) in [5.41, 5.74) is 6.13. The van der Waals surface area contributed by atoms with Crippen molar-refractivity contribution in [2.75, 3.05) is 32.8 Å². The van der Waals surface area contributed by atoms with E-state index in [0.717, 1.165) is 53.8 Å². The minimum absolute atomic E-state index is 0.259. The number of benzene rings is 1. The summed E-state index contributed by atoms with van der Waals surface area (Å²) in [6.45, 7) is 23.0. The van der Waals surface area contributed by atoms with Gasteiger partial charge in [0.25, 0.3) is 0 Å². The zero-order chi connectivity index (χ0) is 35.6. The number of allylic oxidation sites excluding steroid dienone is 11. The lowest BCUT2D eigenvalue weighted by molar-refractivity contribution is 0.0868. The molecule has 0 N–H and O–H groups in total. The maximum Gasteiger partial charge on any atom is 0.409 e. The van der Waals surface area contributed by atoms with E-state index in [1.54, 1.807) is 23.2 Å². The van der Waals surface area contributed by atoms with Gasteiger partial charge in [-0.1, -0.05) is 89.1 Å². The van der Waals surface area contributed by atoms with Crippen LogP contribution in [0.25, 0.3) is 5.57 Å². The molecule has 0 radical (unpaired) electrons. The summed E-state index contributed by atoms with van der Waals surface area (Å²) in [6, 6.07) is 9.00. The smallest absolute Gasteiger partial charge is 0.409 e. The molecular formula is C40H59FN4O2. The molecule has 1 heterocycles. The predicted octanol–water partition coefficient (Wildman–Crippen LogP) is 10.8. The first kappa shape index (κ1) is 42.8. The average Bonchev–Trinajstić information content (AvgIpc) is 3.08. The van der Waals surface area contributed by atoms with Gasteiger partial charge < -0.3 is 14.5 Å². The summed E-state index contributed by atoms with van der Waals surface area (Å²) in [6.07, 6.45) is 17.4. The number of amides is 1. The Morgan fingerprint density at radius 2 is 1.62 bits per heavy atom. The van der Waals surface area contributed by atoms with Crippen LogP contribution in [-0.4, -0.2) is 54.4 Å². The number of rotatable bonds is 12. The SMILES string of the molecule is CC.CC/C=C/C=C(C#N)\C=C(/C)CCC.C\C=C(C(/C(C)=N/C=C/CC)=C(/C)N1CCN(C(=O)OCC)CC1)\c1ccccc1F. The lowest BCUT2D eigenvalue weighted by Gasteiger charge is -2.37. The number of nitrogens with zero attached hydrogens (tertiary/aromatic N) is 4. The average molecular weight is 647 g/mol. The van der Waals surface area contributed by atoms with Crippen molar-refractivity contribution in [1.29, 1.82) is 5.26 Å². The summed E-state index contributed by atoms with van der Waals surface area (Å²) < 4.78 is 19.8. The molecule has 1 aromatic carbocycles. The largest absolute Gasteiger partial charge is 0.450 e. The van der Waals surface area contributed by atoms with Gasteiger partial charge in [-0.15, -0.1) is 0 Å². The zero-order valence-electron chi connectivity index (χ0n) is 30.7. The third-order valence-electron chi connectivity index (χ3n) is 7.16. The maximum absolute atomic E-state index is 14.7. The van der Waals surface area contributed by atoms with Crippen LogP contribution in [0.4, 0.5) is 9.18 Å². The molecule has 0 unspecified atom stereocenters. The second-order valence-corrected chi connectivity index (χ2v) is 10.6. The van der Waals surface area contributed by atoms with Crippen LogP contribution >= 0.6 is 0 Å².